The summed E-state index contributed by atoms with van der Waals surface area (Å²) in [5.41, 5.74) is 3.20. The van der Waals surface area contributed by atoms with Crippen molar-refractivity contribution in [3.05, 3.63) is 95.6 Å². The van der Waals surface area contributed by atoms with Crippen molar-refractivity contribution < 1.29 is 18.0 Å². The Morgan fingerprint density at radius 1 is 0.872 bits per heavy atom. The molecule has 2 saturated heterocycles. The molecule has 2 amide bonds. The first-order valence-electron chi connectivity index (χ1n) is 13.4. The Bertz CT molecular complexity index is 1390. The lowest BCUT2D eigenvalue weighted by Crippen LogP contribution is -2.31. The van der Waals surface area contributed by atoms with Gasteiger partial charge in [-0.2, -0.15) is 4.31 Å². The lowest BCUT2D eigenvalue weighted by molar-refractivity contribution is -0.128. The van der Waals surface area contributed by atoms with Gasteiger partial charge >= 0.3 is 0 Å². The van der Waals surface area contributed by atoms with Crippen LogP contribution in [0.5, 0.6) is 0 Å². The van der Waals surface area contributed by atoms with Gasteiger partial charge in [0.15, 0.2) is 0 Å². The highest BCUT2D eigenvalue weighted by Gasteiger charge is 2.32. The van der Waals surface area contributed by atoms with Gasteiger partial charge in [-0.1, -0.05) is 55.3 Å². The number of carbonyl (C=O) groups excluding carboxylic acids is 2. The molecule has 3 aromatic rings. The van der Waals surface area contributed by atoms with Crippen molar-refractivity contribution in [2.45, 2.75) is 42.4 Å². The number of sulfonamides is 1. The second kappa shape index (κ2) is 12.4. The number of anilines is 1. The summed E-state index contributed by atoms with van der Waals surface area (Å²) in [7, 11) is -3.53. The molecule has 0 radical (unpaired) electrons. The van der Waals surface area contributed by atoms with E-state index in [1.54, 1.807) is 52.5 Å². The molecule has 1 atom stereocenters. The Kier molecular flexibility index (Phi) is 8.69. The maximum Gasteiger partial charge on any atom is 0.255 e. The highest BCUT2D eigenvalue weighted by molar-refractivity contribution is 8.00. The van der Waals surface area contributed by atoms with E-state index in [9.17, 15) is 18.0 Å². The molecule has 0 bridgehead atoms. The summed E-state index contributed by atoms with van der Waals surface area (Å²) in [6.45, 7) is 1.75. The van der Waals surface area contributed by atoms with Gasteiger partial charge in [-0.05, 0) is 66.8 Å². The average molecular weight is 564 g/mol. The van der Waals surface area contributed by atoms with Gasteiger partial charge in [0.05, 0.1) is 10.6 Å². The standard InChI is InChI=1S/C30H33N3O4S2/c34-28-22-38-30(33(28)21-18-23-8-4-3-5-9-23)25-12-10-24(11-13-25)29(35)31-26-14-16-27(17-15-26)39(36,37)32-19-6-1-2-7-20-32/h3-5,8-17,30H,1-2,6-7,18-22H2,(H,31,35)/t30-/m1/s1. The zero-order valence-electron chi connectivity index (χ0n) is 21.8. The van der Waals surface area contributed by atoms with Crippen LogP contribution in [0.3, 0.4) is 0 Å². The first-order chi connectivity index (χ1) is 18.9. The second-order valence-electron chi connectivity index (χ2n) is 9.90. The first kappa shape index (κ1) is 27.4. The van der Waals surface area contributed by atoms with Crippen molar-refractivity contribution >= 4 is 39.3 Å². The van der Waals surface area contributed by atoms with Crippen LogP contribution in [0.15, 0.2) is 83.8 Å². The number of thioether (sulfide) groups is 1. The summed E-state index contributed by atoms with van der Waals surface area (Å²) in [5, 5.41) is 2.78. The summed E-state index contributed by atoms with van der Waals surface area (Å²) < 4.78 is 27.6. The molecule has 5 rings (SSSR count). The topological polar surface area (TPSA) is 86.8 Å². The zero-order chi connectivity index (χ0) is 27.2. The fourth-order valence-corrected chi connectivity index (χ4v) is 7.75. The quantitative estimate of drug-likeness (QED) is 0.401. The Hall–Kier alpha value is -3.14. The Labute approximate surface area is 234 Å². The number of carbonyl (C=O) groups is 2. The number of nitrogens with one attached hydrogen (secondary N) is 1. The molecule has 0 aliphatic carbocycles. The normalized spacial score (nSPS) is 18.6. The SMILES string of the molecule is O=C(Nc1ccc(S(=O)(=O)N2CCCCCC2)cc1)c1ccc([C@H]2SCC(=O)N2CCc2ccccc2)cc1. The van der Waals surface area contributed by atoms with Crippen molar-refractivity contribution in [1.82, 2.24) is 9.21 Å². The third kappa shape index (κ3) is 6.54. The minimum Gasteiger partial charge on any atom is -0.326 e. The van der Waals surface area contributed by atoms with Gasteiger partial charge in [0, 0.05) is 30.9 Å². The highest BCUT2D eigenvalue weighted by Crippen LogP contribution is 2.38. The van der Waals surface area contributed by atoms with Gasteiger partial charge in [0.2, 0.25) is 15.9 Å². The maximum absolute atomic E-state index is 13.0. The highest BCUT2D eigenvalue weighted by atomic mass is 32.2. The average Bonchev–Trinajstić information content (AvgIpc) is 3.13. The molecule has 0 saturated carbocycles. The summed E-state index contributed by atoms with van der Waals surface area (Å²) in [6.07, 6.45) is 4.67. The van der Waals surface area contributed by atoms with Crippen molar-refractivity contribution in [3.8, 4) is 0 Å². The molecule has 3 aromatic carbocycles. The van der Waals surface area contributed by atoms with Crippen LogP contribution in [0.25, 0.3) is 0 Å². The van der Waals surface area contributed by atoms with Gasteiger partial charge in [0.1, 0.15) is 5.37 Å². The molecule has 2 fully saturated rings. The van der Waals surface area contributed by atoms with Crippen molar-refractivity contribution in [1.29, 1.82) is 0 Å². The summed E-state index contributed by atoms with van der Waals surface area (Å²) in [5.74, 6) is 0.301. The van der Waals surface area contributed by atoms with Crippen LogP contribution in [-0.4, -0.2) is 54.8 Å². The fourth-order valence-electron chi connectivity index (χ4n) is 5.01. The molecule has 7 nitrogen and oxygen atoms in total. The maximum atomic E-state index is 13.0. The Morgan fingerprint density at radius 2 is 1.54 bits per heavy atom. The second-order valence-corrected chi connectivity index (χ2v) is 12.9. The van der Waals surface area contributed by atoms with Gasteiger partial charge < -0.3 is 10.2 Å². The predicted octanol–water partition coefficient (Wildman–Crippen LogP) is 5.32. The first-order valence-corrected chi connectivity index (χ1v) is 15.9. The number of benzene rings is 3. The molecule has 9 heteroatoms. The van der Waals surface area contributed by atoms with Gasteiger partial charge in [-0.25, -0.2) is 8.42 Å². The van der Waals surface area contributed by atoms with Crippen LogP contribution in [0.1, 0.15) is 52.5 Å². The van der Waals surface area contributed by atoms with E-state index >= 15 is 0 Å². The monoisotopic (exact) mass is 563 g/mol. The zero-order valence-corrected chi connectivity index (χ0v) is 23.4. The van der Waals surface area contributed by atoms with Crippen LogP contribution in [0.4, 0.5) is 5.69 Å². The van der Waals surface area contributed by atoms with Crippen LogP contribution < -0.4 is 5.32 Å². The van der Waals surface area contributed by atoms with E-state index < -0.39 is 10.0 Å². The molecule has 204 valence electrons. The molecule has 39 heavy (non-hydrogen) atoms. The number of hydrogen-bond donors (Lipinski definition) is 1. The number of hydrogen-bond acceptors (Lipinski definition) is 5. The van der Waals surface area contributed by atoms with Crippen molar-refractivity contribution in [3.63, 3.8) is 0 Å². The largest absolute Gasteiger partial charge is 0.326 e. The lowest BCUT2D eigenvalue weighted by atomic mass is 10.1. The number of rotatable bonds is 8. The molecule has 0 unspecified atom stereocenters. The molecule has 1 N–H and O–H groups in total. The smallest absolute Gasteiger partial charge is 0.255 e. The van der Waals surface area contributed by atoms with E-state index in [4.69, 9.17) is 0 Å². The number of amides is 2. The van der Waals surface area contributed by atoms with E-state index in [0.29, 0.717) is 36.6 Å². The fraction of sp³-hybridized carbons (Fsp3) is 0.333. The Balaban J connectivity index is 1.20. The van der Waals surface area contributed by atoms with Crippen LogP contribution in [0, 0.1) is 0 Å². The van der Waals surface area contributed by atoms with Crippen LogP contribution in [0.2, 0.25) is 0 Å². The van der Waals surface area contributed by atoms with Gasteiger partial charge in [0.25, 0.3) is 5.91 Å². The van der Waals surface area contributed by atoms with Crippen LogP contribution in [-0.2, 0) is 21.2 Å². The Morgan fingerprint density at radius 3 is 2.21 bits per heavy atom. The molecule has 0 spiro atoms. The van der Waals surface area contributed by atoms with Gasteiger partial charge in [-0.15, -0.1) is 11.8 Å². The third-order valence-electron chi connectivity index (χ3n) is 7.23. The molecular formula is C30H33N3O4S2. The van der Waals surface area contributed by atoms with Crippen molar-refractivity contribution in [2.75, 3.05) is 30.7 Å². The van der Waals surface area contributed by atoms with Gasteiger partial charge in [-0.3, -0.25) is 9.59 Å². The van der Waals surface area contributed by atoms with E-state index in [2.05, 4.69) is 17.4 Å². The minimum absolute atomic E-state index is 0.0722. The summed E-state index contributed by atoms with van der Waals surface area (Å²) in [6, 6.07) is 23.8. The summed E-state index contributed by atoms with van der Waals surface area (Å²) >= 11 is 1.60. The molecule has 2 heterocycles. The van der Waals surface area contributed by atoms with Crippen molar-refractivity contribution in [2.24, 2.45) is 0 Å². The number of nitrogens with zero attached hydrogens (tertiary/aromatic N) is 2. The lowest BCUT2D eigenvalue weighted by Gasteiger charge is -2.24. The molecule has 2 aliphatic rings. The van der Waals surface area contributed by atoms with E-state index in [0.717, 1.165) is 37.7 Å². The van der Waals surface area contributed by atoms with E-state index in [1.165, 1.54) is 5.56 Å². The molecule has 2 aliphatic heterocycles. The predicted molar refractivity (Wildman–Crippen MR) is 155 cm³/mol. The third-order valence-corrected chi connectivity index (χ3v) is 10.4. The summed E-state index contributed by atoms with van der Waals surface area (Å²) in [4.78, 5) is 27.6. The van der Waals surface area contributed by atoms with E-state index in [1.807, 2.05) is 35.2 Å². The minimum atomic E-state index is -3.53. The van der Waals surface area contributed by atoms with Crippen LogP contribution >= 0.6 is 11.8 Å². The molecule has 0 aromatic heterocycles. The van der Waals surface area contributed by atoms with E-state index in [-0.39, 0.29) is 22.1 Å². The molecular weight excluding hydrogens is 530 g/mol.